The SMILES string of the molecule is CC(=O)NCCNC1CN(Cc2cccc(Cl)c2)CC(c2ccnc(-c3ccccc3)n2)N1NC(C)=O. The fourth-order valence-electron chi connectivity index (χ4n) is 4.48. The molecule has 1 fully saturated rings. The lowest BCUT2D eigenvalue weighted by Gasteiger charge is -2.46. The van der Waals surface area contributed by atoms with Crippen LogP contribution in [0.3, 0.4) is 0 Å². The molecule has 1 aliphatic rings. The minimum atomic E-state index is -0.249. The predicted molar refractivity (Wildman–Crippen MR) is 143 cm³/mol. The molecule has 0 radical (unpaired) electrons. The molecule has 0 aliphatic carbocycles. The topological polar surface area (TPSA) is 102 Å². The Bertz CT molecular complexity index is 1210. The first kappa shape index (κ1) is 26.7. The zero-order valence-electron chi connectivity index (χ0n) is 21.0. The van der Waals surface area contributed by atoms with Gasteiger partial charge in [0.15, 0.2) is 5.82 Å². The van der Waals surface area contributed by atoms with E-state index in [0.717, 1.165) is 16.8 Å². The highest BCUT2D eigenvalue weighted by atomic mass is 35.5. The van der Waals surface area contributed by atoms with Gasteiger partial charge in [0.05, 0.1) is 17.9 Å². The average Bonchev–Trinajstić information content (AvgIpc) is 2.88. The van der Waals surface area contributed by atoms with Crippen LogP contribution in [0.2, 0.25) is 5.02 Å². The Morgan fingerprint density at radius 3 is 2.54 bits per heavy atom. The molecule has 2 amide bonds. The molecule has 10 heteroatoms. The Morgan fingerprint density at radius 1 is 1.00 bits per heavy atom. The number of nitrogens with one attached hydrogen (secondary N) is 3. The molecule has 3 N–H and O–H groups in total. The second kappa shape index (κ2) is 12.7. The van der Waals surface area contributed by atoms with Gasteiger partial charge in [0.25, 0.3) is 0 Å². The van der Waals surface area contributed by atoms with E-state index in [1.807, 2.05) is 59.6 Å². The summed E-state index contributed by atoms with van der Waals surface area (Å²) in [5, 5.41) is 8.93. The summed E-state index contributed by atoms with van der Waals surface area (Å²) in [6, 6.07) is 19.3. The summed E-state index contributed by atoms with van der Waals surface area (Å²) in [7, 11) is 0. The van der Waals surface area contributed by atoms with Crippen molar-refractivity contribution in [1.29, 1.82) is 0 Å². The number of carbonyl (C=O) groups excluding carboxylic acids is 2. The third-order valence-electron chi connectivity index (χ3n) is 6.05. The number of halogens is 1. The van der Waals surface area contributed by atoms with Gasteiger partial charge in [-0.3, -0.25) is 25.2 Å². The third-order valence-corrected chi connectivity index (χ3v) is 6.28. The van der Waals surface area contributed by atoms with E-state index in [-0.39, 0.29) is 24.0 Å². The lowest BCUT2D eigenvalue weighted by molar-refractivity contribution is -0.130. The predicted octanol–water partition coefficient (Wildman–Crippen LogP) is 2.76. The van der Waals surface area contributed by atoms with Crippen molar-refractivity contribution in [2.75, 3.05) is 26.2 Å². The van der Waals surface area contributed by atoms with Gasteiger partial charge in [0.2, 0.25) is 11.8 Å². The van der Waals surface area contributed by atoms with Gasteiger partial charge in [-0.2, -0.15) is 5.01 Å². The van der Waals surface area contributed by atoms with Crippen LogP contribution in [0.1, 0.15) is 31.1 Å². The van der Waals surface area contributed by atoms with Crippen molar-refractivity contribution < 1.29 is 9.59 Å². The Morgan fingerprint density at radius 2 is 1.81 bits per heavy atom. The van der Waals surface area contributed by atoms with Crippen LogP contribution in [0.5, 0.6) is 0 Å². The average molecular weight is 522 g/mol. The molecule has 3 aromatic rings. The molecule has 2 unspecified atom stereocenters. The number of carbonyl (C=O) groups is 2. The van der Waals surface area contributed by atoms with Crippen molar-refractivity contribution in [2.24, 2.45) is 0 Å². The van der Waals surface area contributed by atoms with E-state index in [9.17, 15) is 9.59 Å². The number of rotatable bonds is 9. The molecule has 2 atom stereocenters. The summed E-state index contributed by atoms with van der Waals surface area (Å²) in [4.78, 5) is 35.3. The van der Waals surface area contributed by atoms with Crippen LogP contribution in [0.25, 0.3) is 11.4 Å². The molecule has 0 spiro atoms. The quantitative estimate of drug-likeness (QED) is 0.372. The van der Waals surface area contributed by atoms with Gasteiger partial charge in [0.1, 0.15) is 0 Å². The van der Waals surface area contributed by atoms with Crippen molar-refractivity contribution in [2.45, 2.75) is 32.6 Å². The highest BCUT2D eigenvalue weighted by molar-refractivity contribution is 6.30. The summed E-state index contributed by atoms with van der Waals surface area (Å²) in [6.07, 6.45) is 1.52. The third kappa shape index (κ3) is 7.56. The summed E-state index contributed by atoms with van der Waals surface area (Å²) in [6.45, 7) is 5.96. The van der Waals surface area contributed by atoms with Gasteiger partial charge in [-0.05, 0) is 23.8 Å². The molecular weight excluding hydrogens is 490 g/mol. The number of aromatic nitrogens is 2. The first-order valence-corrected chi connectivity index (χ1v) is 12.7. The van der Waals surface area contributed by atoms with Crippen LogP contribution in [-0.2, 0) is 16.1 Å². The fraction of sp³-hybridized carbons (Fsp3) is 0.333. The van der Waals surface area contributed by atoms with Crippen LogP contribution in [0, 0.1) is 0 Å². The molecule has 1 aliphatic heterocycles. The maximum Gasteiger partial charge on any atom is 0.231 e. The standard InChI is InChI=1S/C27H32ClN7O2/c1-19(36)29-13-14-30-26-18-34(16-21-7-6-10-23(28)15-21)17-25(35(26)33-20(2)37)24-11-12-31-27(32-24)22-8-4-3-5-9-22/h3-12,15,25-26,30H,13-14,16-18H2,1-2H3,(H,29,36)(H,33,37). The van der Waals surface area contributed by atoms with Crippen LogP contribution in [-0.4, -0.2) is 64.0 Å². The summed E-state index contributed by atoms with van der Waals surface area (Å²) in [5.41, 5.74) is 5.84. The Labute approximate surface area is 222 Å². The second-order valence-electron chi connectivity index (χ2n) is 9.04. The van der Waals surface area contributed by atoms with Gasteiger partial charge in [-0.1, -0.05) is 54.1 Å². The van der Waals surface area contributed by atoms with Gasteiger partial charge in [-0.25, -0.2) is 9.97 Å². The first-order chi connectivity index (χ1) is 17.9. The molecular formula is C27H32ClN7O2. The second-order valence-corrected chi connectivity index (χ2v) is 9.48. The van der Waals surface area contributed by atoms with Crippen LogP contribution in [0.4, 0.5) is 0 Å². The molecule has 1 aromatic heterocycles. The first-order valence-electron chi connectivity index (χ1n) is 12.3. The van der Waals surface area contributed by atoms with Crippen LogP contribution >= 0.6 is 11.6 Å². The van der Waals surface area contributed by atoms with Gasteiger partial charge >= 0.3 is 0 Å². The smallest absolute Gasteiger partial charge is 0.231 e. The fourth-order valence-corrected chi connectivity index (χ4v) is 4.69. The zero-order chi connectivity index (χ0) is 26.2. The maximum absolute atomic E-state index is 12.3. The normalized spacial score (nSPS) is 18.4. The minimum Gasteiger partial charge on any atom is -0.355 e. The molecule has 9 nitrogen and oxygen atoms in total. The van der Waals surface area contributed by atoms with Crippen LogP contribution in [0.15, 0.2) is 66.9 Å². The highest BCUT2D eigenvalue weighted by Crippen LogP contribution is 2.28. The van der Waals surface area contributed by atoms with Crippen molar-refractivity contribution in [3.63, 3.8) is 0 Å². The number of nitrogens with zero attached hydrogens (tertiary/aromatic N) is 4. The molecule has 1 saturated heterocycles. The number of benzene rings is 2. The van der Waals surface area contributed by atoms with Crippen LogP contribution < -0.4 is 16.1 Å². The van der Waals surface area contributed by atoms with Crippen molar-refractivity contribution in [3.8, 4) is 11.4 Å². The van der Waals surface area contributed by atoms with E-state index < -0.39 is 0 Å². The minimum absolute atomic E-state index is 0.0842. The van der Waals surface area contributed by atoms with Gasteiger partial charge in [0, 0.05) is 63.4 Å². The Balaban J connectivity index is 1.64. The molecule has 2 heterocycles. The van der Waals surface area contributed by atoms with Gasteiger partial charge < -0.3 is 5.32 Å². The van der Waals surface area contributed by atoms with E-state index in [2.05, 4.69) is 32.0 Å². The Kier molecular flexibility index (Phi) is 9.19. The summed E-state index contributed by atoms with van der Waals surface area (Å²) >= 11 is 6.24. The van der Waals surface area contributed by atoms with E-state index >= 15 is 0 Å². The molecule has 2 aromatic carbocycles. The lowest BCUT2D eigenvalue weighted by atomic mass is 10.1. The maximum atomic E-state index is 12.3. The number of hydrazine groups is 1. The van der Waals surface area contributed by atoms with Crippen molar-refractivity contribution in [1.82, 2.24) is 35.9 Å². The number of hydrogen-bond acceptors (Lipinski definition) is 7. The van der Waals surface area contributed by atoms with E-state index in [4.69, 9.17) is 16.6 Å². The van der Waals surface area contributed by atoms with Gasteiger partial charge in [-0.15, -0.1) is 0 Å². The molecule has 0 bridgehead atoms. The molecule has 194 valence electrons. The summed E-state index contributed by atoms with van der Waals surface area (Å²) < 4.78 is 0. The van der Waals surface area contributed by atoms with Crippen molar-refractivity contribution >= 4 is 23.4 Å². The largest absolute Gasteiger partial charge is 0.355 e. The highest BCUT2D eigenvalue weighted by Gasteiger charge is 2.37. The number of piperazine rings is 1. The monoisotopic (exact) mass is 521 g/mol. The molecule has 37 heavy (non-hydrogen) atoms. The lowest BCUT2D eigenvalue weighted by Crippen LogP contribution is -2.65. The van der Waals surface area contributed by atoms with E-state index in [1.165, 1.54) is 13.8 Å². The van der Waals surface area contributed by atoms with E-state index in [0.29, 0.717) is 43.6 Å². The van der Waals surface area contributed by atoms with Crippen molar-refractivity contribution in [3.05, 3.63) is 83.1 Å². The number of hydrogen-bond donors (Lipinski definition) is 3. The van der Waals surface area contributed by atoms with E-state index in [1.54, 1.807) is 6.20 Å². The molecule has 4 rings (SSSR count). The summed E-state index contributed by atoms with van der Waals surface area (Å²) in [5.74, 6) is 0.376. The molecule has 0 saturated carbocycles. The Hall–Kier alpha value is -3.37. The zero-order valence-corrected chi connectivity index (χ0v) is 21.8. The number of amides is 2.